The van der Waals surface area contributed by atoms with Crippen LogP contribution in [0, 0.1) is 5.41 Å². The number of nitrogens with one attached hydrogen (secondary N) is 2. The predicted molar refractivity (Wildman–Crippen MR) is 194 cm³/mol. The molecule has 2 saturated carbocycles. The molecule has 6 heteroatoms. The molecule has 7 rings (SSSR count). The Morgan fingerprint density at radius 3 is 2.21 bits per heavy atom. The number of benzene rings is 4. The lowest BCUT2D eigenvalue weighted by atomic mass is 9.69. The molecule has 1 spiro atoms. The number of amides is 1. The van der Waals surface area contributed by atoms with Gasteiger partial charge in [-0.1, -0.05) is 105 Å². The Morgan fingerprint density at radius 2 is 1.49 bits per heavy atom. The molecule has 244 valence electrons. The van der Waals surface area contributed by atoms with E-state index in [1.54, 1.807) is 0 Å². The molecule has 0 bridgehead atoms. The Morgan fingerprint density at radius 1 is 0.809 bits per heavy atom. The summed E-state index contributed by atoms with van der Waals surface area (Å²) < 4.78 is 0. The molecule has 1 heterocycles. The lowest BCUT2D eigenvalue weighted by molar-refractivity contribution is -0.125. The van der Waals surface area contributed by atoms with Gasteiger partial charge in [-0.25, -0.2) is 0 Å². The van der Waals surface area contributed by atoms with E-state index in [0.29, 0.717) is 12.1 Å². The van der Waals surface area contributed by atoms with E-state index in [2.05, 4.69) is 89.1 Å². The van der Waals surface area contributed by atoms with Crippen LogP contribution in [0.3, 0.4) is 0 Å². The number of carbonyl (C=O) groups is 1. The molecule has 2 aliphatic carbocycles. The summed E-state index contributed by atoms with van der Waals surface area (Å²) in [6.07, 6.45) is 12.8. The van der Waals surface area contributed by atoms with Crippen LogP contribution in [0.4, 0.5) is 5.69 Å². The molecule has 47 heavy (non-hydrogen) atoms. The number of amidine groups is 1. The highest BCUT2D eigenvalue weighted by molar-refractivity contribution is 5.98. The number of rotatable bonds is 6. The van der Waals surface area contributed by atoms with Gasteiger partial charge in [0.2, 0.25) is 5.91 Å². The van der Waals surface area contributed by atoms with Crippen LogP contribution in [-0.4, -0.2) is 29.9 Å². The van der Waals surface area contributed by atoms with Crippen molar-refractivity contribution in [2.75, 3.05) is 4.90 Å². The second-order valence-electron chi connectivity index (χ2n) is 14.3. The monoisotopic (exact) mass is 627 g/mol. The zero-order valence-electron chi connectivity index (χ0n) is 27.5. The standard InChI is InChI=1S/C41H49N5O/c42-33-17-19-34(20-18-33)45-40(47)38-41(22-10-3-1-2-4-11-23-41)36-21-16-30(39(43)44)26-37(36)46(38)27-32-25-31(28-12-6-5-7-13-28)24-29-14-8-9-15-35(29)32/h5-9,12-16,21,24-26,33-34,38H,1-4,10-11,17-20,22-23,27,42H2,(H3,43,44)(H,45,47). The summed E-state index contributed by atoms with van der Waals surface area (Å²) >= 11 is 0. The third-order valence-corrected chi connectivity index (χ3v) is 11.2. The Kier molecular flexibility index (Phi) is 9.05. The second-order valence-corrected chi connectivity index (χ2v) is 14.3. The molecule has 0 radical (unpaired) electrons. The first kappa shape index (κ1) is 31.4. The number of carbonyl (C=O) groups excluding carboxylic acids is 1. The first-order valence-electron chi connectivity index (χ1n) is 17.8. The maximum Gasteiger partial charge on any atom is 0.243 e. The Labute approximate surface area is 279 Å². The van der Waals surface area contributed by atoms with Crippen molar-refractivity contribution in [2.45, 2.75) is 107 Å². The molecular weight excluding hydrogens is 578 g/mol. The average molecular weight is 628 g/mol. The van der Waals surface area contributed by atoms with Gasteiger partial charge in [0.15, 0.2) is 0 Å². The largest absolute Gasteiger partial charge is 0.384 e. The van der Waals surface area contributed by atoms with Crippen LogP contribution in [-0.2, 0) is 16.8 Å². The van der Waals surface area contributed by atoms with Crippen molar-refractivity contribution < 1.29 is 4.79 Å². The Bertz CT molecular complexity index is 1730. The van der Waals surface area contributed by atoms with Gasteiger partial charge in [-0.05, 0) is 89.8 Å². The van der Waals surface area contributed by atoms with Crippen LogP contribution >= 0.6 is 0 Å². The van der Waals surface area contributed by atoms with Crippen LogP contribution < -0.4 is 21.7 Å². The first-order chi connectivity index (χ1) is 22.9. The highest BCUT2D eigenvalue weighted by Crippen LogP contribution is 2.53. The minimum absolute atomic E-state index is 0.0548. The summed E-state index contributed by atoms with van der Waals surface area (Å²) in [5.41, 5.74) is 18.6. The maximum absolute atomic E-state index is 14.9. The van der Waals surface area contributed by atoms with Gasteiger partial charge in [-0.15, -0.1) is 0 Å². The van der Waals surface area contributed by atoms with E-state index in [1.807, 2.05) is 6.07 Å². The summed E-state index contributed by atoms with van der Waals surface area (Å²) in [6, 6.07) is 30.1. The molecule has 1 atom stereocenters. The molecule has 1 unspecified atom stereocenters. The van der Waals surface area contributed by atoms with Crippen LogP contribution in [0.5, 0.6) is 0 Å². The molecule has 0 saturated heterocycles. The fourth-order valence-electron chi connectivity index (χ4n) is 8.81. The van der Waals surface area contributed by atoms with Gasteiger partial charge in [-0.2, -0.15) is 0 Å². The zero-order valence-corrected chi connectivity index (χ0v) is 27.5. The maximum atomic E-state index is 14.9. The summed E-state index contributed by atoms with van der Waals surface area (Å²) in [6.45, 7) is 0.588. The molecular formula is C41H49N5O. The predicted octanol–water partition coefficient (Wildman–Crippen LogP) is 7.94. The minimum atomic E-state index is -0.354. The summed E-state index contributed by atoms with van der Waals surface area (Å²) in [5, 5.41) is 14.3. The van der Waals surface area contributed by atoms with E-state index in [9.17, 15) is 4.79 Å². The van der Waals surface area contributed by atoms with Crippen molar-refractivity contribution in [3.63, 3.8) is 0 Å². The quantitative estimate of drug-likeness (QED) is 0.129. The van der Waals surface area contributed by atoms with E-state index < -0.39 is 0 Å². The van der Waals surface area contributed by atoms with Gasteiger partial charge >= 0.3 is 0 Å². The van der Waals surface area contributed by atoms with E-state index >= 15 is 0 Å². The number of nitrogen functional groups attached to an aromatic ring is 1. The molecule has 1 amide bonds. The van der Waals surface area contributed by atoms with E-state index in [-0.39, 0.29) is 35.3 Å². The van der Waals surface area contributed by atoms with Crippen molar-refractivity contribution in [1.29, 1.82) is 5.41 Å². The minimum Gasteiger partial charge on any atom is -0.384 e. The molecule has 6 N–H and O–H groups in total. The molecule has 0 aromatic heterocycles. The van der Waals surface area contributed by atoms with E-state index in [1.165, 1.54) is 58.7 Å². The van der Waals surface area contributed by atoms with Gasteiger partial charge < -0.3 is 21.7 Å². The number of anilines is 1. The number of hydrogen-bond acceptors (Lipinski definition) is 4. The molecule has 3 aliphatic rings. The molecule has 1 aliphatic heterocycles. The normalized spacial score (nSPS) is 22.7. The average Bonchev–Trinajstić information content (AvgIpc) is 3.42. The van der Waals surface area contributed by atoms with Gasteiger partial charge in [-0.3, -0.25) is 10.2 Å². The first-order valence-corrected chi connectivity index (χ1v) is 17.8. The SMILES string of the molecule is N=C(N)c1ccc2c(c1)N(Cc1cc(-c3ccccc3)cc3ccccc13)C(C(=O)NC1CCC(N)CC1)C21CCCCCCCC1. The van der Waals surface area contributed by atoms with Gasteiger partial charge in [0.25, 0.3) is 0 Å². The van der Waals surface area contributed by atoms with E-state index in [0.717, 1.165) is 57.1 Å². The van der Waals surface area contributed by atoms with Crippen LogP contribution in [0.2, 0.25) is 0 Å². The van der Waals surface area contributed by atoms with Gasteiger partial charge in [0.05, 0.1) is 0 Å². The van der Waals surface area contributed by atoms with Gasteiger partial charge in [0, 0.05) is 35.3 Å². The zero-order chi connectivity index (χ0) is 32.4. The number of nitrogens with zero attached hydrogens (tertiary/aromatic N) is 1. The lowest BCUT2D eigenvalue weighted by Gasteiger charge is -2.40. The van der Waals surface area contributed by atoms with Crippen LogP contribution in [0.15, 0.2) is 84.9 Å². The lowest BCUT2D eigenvalue weighted by Crippen LogP contribution is -2.56. The highest BCUT2D eigenvalue weighted by atomic mass is 16.2. The van der Waals surface area contributed by atoms with Crippen molar-refractivity contribution in [1.82, 2.24) is 5.32 Å². The van der Waals surface area contributed by atoms with Crippen molar-refractivity contribution in [2.24, 2.45) is 11.5 Å². The fourth-order valence-corrected chi connectivity index (χ4v) is 8.81. The number of fused-ring (bicyclic) bond motifs is 3. The smallest absolute Gasteiger partial charge is 0.243 e. The highest BCUT2D eigenvalue weighted by Gasteiger charge is 2.54. The van der Waals surface area contributed by atoms with Crippen LogP contribution in [0.25, 0.3) is 21.9 Å². The molecule has 6 nitrogen and oxygen atoms in total. The van der Waals surface area contributed by atoms with E-state index in [4.69, 9.17) is 16.9 Å². The third-order valence-electron chi connectivity index (χ3n) is 11.2. The van der Waals surface area contributed by atoms with Crippen molar-refractivity contribution in [3.8, 4) is 11.1 Å². The Hall–Kier alpha value is -4.16. The third kappa shape index (κ3) is 6.28. The van der Waals surface area contributed by atoms with Gasteiger partial charge in [0.1, 0.15) is 11.9 Å². The van der Waals surface area contributed by atoms with Crippen LogP contribution in [0.1, 0.15) is 93.7 Å². The molecule has 4 aromatic rings. The molecule has 4 aromatic carbocycles. The number of hydrogen-bond donors (Lipinski definition) is 4. The Balaban J connectivity index is 1.38. The fraction of sp³-hybridized carbons (Fsp3) is 0.415. The van der Waals surface area contributed by atoms with Crippen molar-refractivity contribution in [3.05, 3.63) is 102 Å². The number of nitrogens with two attached hydrogens (primary N) is 2. The summed E-state index contributed by atoms with van der Waals surface area (Å²) in [7, 11) is 0. The summed E-state index contributed by atoms with van der Waals surface area (Å²) in [5.74, 6) is 0.188. The van der Waals surface area contributed by atoms with Crippen molar-refractivity contribution >= 4 is 28.2 Å². The second kappa shape index (κ2) is 13.5. The topological polar surface area (TPSA) is 108 Å². The molecule has 2 fully saturated rings. The summed E-state index contributed by atoms with van der Waals surface area (Å²) in [4.78, 5) is 17.3.